The number of aryl methyl sites for hydroxylation is 1. The molecule has 4 rings (SSSR count). The number of benzene rings is 3. The van der Waals surface area contributed by atoms with Crippen LogP contribution < -0.4 is 4.74 Å². The van der Waals surface area contributed by atoms with Gasteiger partial charge in [-0.15, -0.1) is 0 Å². The maximum absolute atomic E-state index is 13.1. The summed E-state index contributed by atoms with van der Waals surface area (Å²) in [5, 5.41) is 21.2. The van der Waals surface area contributed by atoms with Crippen molar-refractivity contribution in [3.63, 3.8) is 0 Å². The maximum Gasteiger partial charge on any atom is 0.295 e. The Morgan fingerprint density at radius 2 is 1.72 bits per heavy atom. The highest BCUT2D eigenvalue weighted by Crippen LogP contribution is 2.40. The lowest BCUT2D eigenvalue weighted by molar-refractivity contribution is -0.140. The van der Waals surface area contributed by atoms with Crippen LogP contribution in [0.2, 0.25) is 0 Å². The first-order chi connectivity index (χ1) is 17.2. The molecule has 1 fully saturated rings. The highest BCUT2D eigenvalue weighted by atomic mass is 16.5. The number of carbonyl (C=O) groups excluding carboxylic acids is 2. The van der Waals surface area contributed by atoms with E-state index in [2.05, 4.69) is 6.07 Å². The number of carbonyl (C=O) groups is 2. The van der Waals surface area contributed by atoms with Crippen molar-refractivity contribution in [2.24, 2.45) is 0 Å². The molecule has 0 spiro atoms. The van der Waals surface area contributed by atoms with Crippen molar-refractivity contribution in [3.8, 4) is 11.5 Å². The van der Waals surface area contributed by atoms with Crippen molar-refractivity contribution in [1.82, 2.24) is 9.80 Å². The zero-order chi connectivity index (χ0) is 25.8. The number of ether oxygens (including phenoxy) is 1. The van der Waals surface area contributed by atoms with Gasteiger partial charge in [0, 0.05) is 18.7 Å². The van der Waals surface area contributed by atoms with Crippen LogP contribution in [0.5, 0.6) is 11.5 Å². The van der Waals surface area contributed by atoms with Crippen LogP contribution in [-0.2, 0) is 16.2 Å². The Bertz CT molecular complexity index is 1300. The van der Waals surface area contributed by atoms with Crippen LogP contribution in [0.1, 0.15) is 28.3 Å². The van der Waals surface area contributed by atoms with Gasteiger partial charge in [-0.25, -0.2) is 0 Å². The van der Waals surface area contributed by atoms with Crippen molar-refractivity contribution in [1.29, 1.82) is 0 Å². The van der Waals surface area contributed by atoms with Crippen molar-refractivity contribution < 1.29 is 24.5 Å². The molecule has 1 aliphatic heterocycles. The maximum atomic E-state index is 13.1. The fourth-order valence-electron chi connectivity index (χ4n) is 4.29. The van der Waals surface area contributed by atoms with E-state index in [9.17, 15) is 19.8 Å². The van der Waals surface area contributed by atoms with Gasteiger partial charge < -0.3 is 24.7 Å². The molecule has 0 bridgehead atoms. The number of hydrogen-bond acceptors (Lipinski definition) is 6. The molecule has 1 saturated heterocycles. The Labute approximate surface area is 210 Å². The van der Waals surface area contributed by atoms with Gasteiger partial charge in [-0.05, 0) is 68.5 Å². The van der Waals surface area contributed by atoms with Gasteiger partial charge in [0.2, 0.25) is 0 Å². The van der Waals surface area contributed by atoms with Gasteiger partial charge >= 0.3 is 0 Å². The fourth-order valence-corrected chi connectivity index (χ4v) is 4.29. The first-order valence-corrected chi connectivity index (χ1v) is 11.8. The molecule has 0 aromatic heterocycles. The molecule has 7 heteroatoms. The van der Waals surface area contributed by atoms with Crippen molar-refractivity contribution in [2.45, 2.75) is 19.6 Å². The lowest BCUT2D eigenvalue weighted by Crippen LogP contribution is -2.35. The van der Waals surface area contributed by atoms with E-state index in [4.69, 9.17) is 4.74 Å². The molecule has 1 aliphatic rings. The first kappa shape index (κ1) is 25.0. The van der Waals surface area contributed by atoms with Gasteiger partial charge in [-0.2, -0.15) is 0 Å². The number of rotatable bonds is 8. The molecule has 0 saturated carbocycles. The Morgan fingerprint density at radius 1 is 1.00 bits per heavy atom. The predicted molar refractivity (Wildman–Crippen MR) is 138 cm³/mol. The van der Waals surface area contributed by atoms with Crippen molar-refractivity contribution in [3.05, 3.63) is 101 Å². The summed E-state index contributed by atoms with van der Waals surface area (Å²) in [5.41, 5.74) is 3.14. The summed E-state index contributed by atoms with van der Waals surface area (Å²) in [6, 6.07) is 20.4. The monoisotopic (exact) mass is 486 g/mol. The molecule has 2 N–H and O–H groups in total. The quantitative estimate of drug-likeness (QED) is 0.281. The Morgan fingerprint density at radius 3 is 2.39 bits per heavy atom. The van der Waals surface area contributed by atoms with E-state index in [1.54, 1.807) is 36.4 Å². The Balaban J connectivity index is 1.64. The second-order valence-corrected chi connectivity index (χ2v) is 9.19. The number of aliphatic hydroxyl groups excluding tert-OH is 1. The fraction of sp³-hybridized carbons (Fsp3) is 0.241. The highest BCUT2D eigenvalue weighted by molar-refractivity contribution is 6.46. The molecular weight excluding hydrogens is 456 g/mol. The second kappa shape index (κ2) is 10.7. The van der Waals surface area contributed by atoms with Crippen LogP contribution >= 0.6 is 0 Å². The summed E-state index contributed by atoms with van der Waals surface area (Å²) < 4.78 is 5.86. The third kappa shape index (κ3) is 5.42. The summed E-state index contributed by atoms with van der Waals surface area (Å²) in [6.45, 7) is 3.26. The third-order valence-corrected chi connectivity index (χ3v) is 6.13. The van der Waals surface area contributed by atoms with E-state index < -0.39 is 17.7 Å². The number of ketones is 1. The van der Waals surface area contributed by atoms with Gasteiger partial charge in [-0.3, -0.25) is 9.59 Å². The number of Topliss-reactive ketones (excluding diaryl/α,β-unsaturated/α-hetero) is 1. The van der Waals surface area contributed by atoms with Gasteiger partial charge in [0.05, 0.1) is 11.6 Å². The standard InChI is InChI=1S/C29H30N2O5/c1-19-6-4-7-20(16-19)18-36-24-12-10-21(11-13-24)27(33)25-26(22-8-5-9-23(32)17-22)31(15-14-30(2)3)29(35)28(25)34/h4-13,16-17,26,32-33H,14-15,18H2,1-3H3/t26-/m0/s1. The molecule has 7 nitrogen and oxygen atoms in total. The lowest BCUT2D eigenvalue weighted by atomic mass is 9.95. The molecular formula is C29H30N2O5. The number of aliphatic hydroxyl groups is 1. The van der Waals surface area contributed by atoms with E-state index in [-0.39, 0.29) is 17.1 Å². The molecule has 1 atom stereocenters. The Hall–Kier alpha value is -4.10. The normalized spacial score (nSPS) is 17.1. The smallest absolute Gasteiger partial charge is 0.295 e. The average Bonchev–Trinajstić information content (AvgIpc) is 3.11. The minimum absolute atomic E-state index is 0.00205. The largest absolute Gasteiger partial charge is 0.508 e. The van der Waals surface area contributed by atoms with Crippen LogP contribution in [0.3, 0.4) is 0 Å². The summed E-state index contributed by atoms with van der Waals surface area (Å²) in [7, 11) is 3.76. The van der Waals surface area contributed by atoms with E-state index in [1.807, 2.05) is 44.1 Å². The third-order valence-electron chi connectivity index (χ3n) is 6.13. The number of hydrogen-bond donors (Lipinski definition) is 2. The van der Waals surface area contributed by atoms with Crippen LogP contribution in [0.25, 0.3) is 5.76 Å². The van der Waals surface area contributed by atoms with Crippen LogP contribution in [0.15, 0.2) is 78.4 Å². The summed E-state index contributed by atoms with van der Waals surface area (Å²) >= 11 is 0. The zero-order valence-electron chi connectivity index (χ0n) is 20.6. The molecule has 0 aliphatic carbocycles. The number of amides is 1. The second-order valence-electron chi connectivity index (χ2n) is 9.19. The van der Waals surface area contributed by atoms with E-state index in [0.29, 0.717) is 36.6 Å². The van der Waals surface area contributed by atoms with E-state index in [1.165, 1.54) is 17.0 Å². The number of phenolic OH excluding ortho intramolecular Hbond substituents is 1. The summed E-state index contributed by atoms with van der Waals surface area (Å²) in [5.74, 6) is -1.06. The van der Waals surface area contributed by atoms with Crippen LogP contribution in [0.4, 0.5) is 0 Å². The number of aromatic hydroxyl groups is 1. The van der Waals surface area contributed by atoms with E-state index in [0.717, 1.165) is 11.1 Å². The summed E-state index contributed by atoms with van der Waals surface area (Å²) in [4.78, 5) is 29.4. The minimum Gasteiger partial charge on any atom is -0.508 e. The van der Waals surface area contributed by atoms with Crippen LogP contribution in [-0.4, -0.2) is 58.9 Å². The van der Waals surface area contributed by atoms with E-state index >= 15 is 0 Å². The number of nitrogens with zero attached hydrogens (tertiary/aromatic N) is 2. The molecule has 1 heterocycles. The number of likely N-dealkylation sites (N-methyl/N-ethyl adjacent to an activating group) is 1. The van der Waals surface area contributed by atoms with Crippen LogP contribution in [0, 0.1) is 6.92 Å². The summed E-state index contributed by atoms with van der Waals surface area (Å²) in [6.07, 6.45) is 0. The lowest BCUT2D eigenvalue weighted by Gasteiger charge is -2.26. The number of phenols is 1. The SMILES string of the molecule is Cc1cccc(COc2ccc(C(O)=C3C(=O)C(=O)N(CCN(C)C)[C@H]3c3cccc(O)c3)cc2)c1. The van der Waals surface area contributed by atoms with Gasteiger partial charge in [0.1, 0.15) is 23.9 Å². The Kier molecular flexibility index (Phi) is 7.41. The van der Waals surface area contributed by atoms with Crippen molar-refractivity contribution in [2.75, 3.05) is 27.2 Å². The number of likely N-dealkylation sites (tertiary alicyclic amines) is 1. The van der Waals surface area contributed by atoms with Gasteiger partial charge in [0.25, 0.3) is 11.7 Å². The van der Waals surface area contributed by atoms with Gasteiger partial charge in [-0.1, -0.05) is 42.0 Å². The first-order valence-electron chi connectivity index (χ1n) is 11.8. The average molecular weight is 487 g/mol. The zero-order valence-corrected chi connectivity index (χ0v) is 20.6. The highest BCUT2D eigenvalue weighted by Gasteiger charge is 2.46. The topological polar surface area (TPSA) is 90.3 Å². The molecule has 3 aromatic rings. The molecule has 186 valence electrons. The molecule has 3 aromatic carbocycles. The predicted octanol–water partition coefficient (Wildman–Crippen LogP) is 4.26. The van der Waals surface area contributed by atoms with Gasteiger partial charge in [0.15, 0.2) is 0 Å². The molecule has 1 amide bonds. The molecule has 0 unspecified atom stereocenters. The minimum atomic E-state index is -0.811. The molecule has 36 heavy (non-hydrogen) atoms. The molecule has 0 radical (unpaired) electrons. The van der Waals surface area contributed by atoms with Crippen molar-refractivity contribution >= 4 is 17.4 Å².